The molecule has 0 amide bonds. The Labute approximate surface area is 136 Å². The second-order valence-corrected chi connectivity index (χ2v) is 5.69. The zero-order valence-corrected chi connectivity index (χ0v) is 13.6. The van der Waals surface area contributed by atoms with E-state index in [1.54, 1.807) is 12.3 Å². The molecule has 0 unspecified atom stereocenters. The lowest BCUT2D eigenvalue weighted by Crippen LogP contribution is -2.16. The van der Waals surface area contributed by atoms with Gasteiger partial charge in [-0.1, -0.05) is 13.8 Å². The van der Waals surface area contributed by atoms with Gasteiger partial charge in [0, 0.05) is 31.0 Å². The summed E-state index contributed by atoms with van der Waals surface area (Å²) in [5.74, 6) is 2.61. The summed E-state index contributed by atoms with van der Waals surface area (Å²) in [5, 5.41) is 6.39. The van der Waals surface area contributed by atoms with Crippen molar-refractivity contribution in [3.05, 3.63) is 24.0 Å². The first-order chi connectivity index (χ1) is 11.0. The molecule has 0 fully saturated rings. The molecule has 2 aromatic rings. The average molecular weight is 316 g/mol. The van der Waals surface area contributed by atoms with Crippen LogP contribution in [0.3, 0.4) is 0 Å². The number of aromatic nitrogens is 4. The van der Waals surface area contributed by atoms with Crippen molar-refractivity contribution < 1.29 is 0 Å². The van der Waals surface area contributed by atoms with Gasteiger partial charge in [0.15, 0.2) is 0 Å². The van der Waals surface area contributed by atoms with E-state index in [-0.39, 0.29) is 5.95 Å². The van der Waals surface area contributed by atoms with Gasteiger partial charge in [0.2, 0.25) is 11.9 Å². The first-order valence-electron chi connectivity index (χ1n) is 7.72. The van der Waals surface area contributed by atoms with Crippen molar-refractivity contribution in [3.63, 3.8) is 0 Å². The quantitative estimate of drug-likeness (QED) is 0.540. The molecule has 0 saturated heterocycles. The second kappa shape index (κ2) is 8.11. The van der Waals surface area contributed by atoms with Gasteiger partial charge in [-0.25, -0.2) is 9.97 Å². The van der Waals surface area contributed by atoms with E-state index in [9.17, 15) is 0 Å². The van der Waals surface area contributed by atoms with Crippen molar-refractivity contribution in [1.82, 2.24) is 19.9 Å². The first-order valence-corrected chi connectivity index (χ1v) is 7.72. The van der Waals surface area contributed by atoms with Crippen molar-refractivity contribution in [2.24, 2.45) is 5.92 Å². The van der Waals surface area contributed by atoms with Crippen molar-refractivity contribution >= 4 is 23.5 Å². The highest BCUT2D eigenvalue weighted by molar-refractivity contribution is 5.41. The number of nitrogens with zero attached hydrogens (tertiary/aromatic N) is 4. The lowest BCUT2D eigenvalue weighted by molar-refractivity contribution is 0.581. The van der Waals surface area contributed by atoms with E-state index in [2.05, 4.69) is 44.4 Å². The molecule has 0 aliphatic carbocycles. The van der Waals surface area contributed by atoms with Crippen LogP contribution in [-0.4, -0.2) is 33.0 Å². The summed E-state index contributed by atoms with van der Waals surface area (Å²) in [5.41, 5.74) is 12.3. The fourth-order valence-electron chi connectivity index (χ4n) is 2.03. The van der Waals surface area contributed by atoms with E-state index in [0.29, 0.717) is 30.8 Å². The third kappa shape index (κ3) is 5.93. The van der Waals surface area contributed by atoms with Gasteiger partial charge >= 0.3 is 0 Å². The van der Waals surface area contributed by atoms with Gasteiger partial charge < -0.3 is 22.1 Å². The van der Waals surface area contributed by atoms with Crippen LogP contribution in [0.4, 0.5) is 23.5 Å². The van der Waals surface area contributed by atoms with E-state index in [4.69, 9.17) is 11.5 Å². The summed E-state index contributed by atoms with van der Waals surface area (Å²) in [6.07, 6.45) is 3.59. The summed E-state index contributed by atoms with van der Waals surface area (Å²) < 4.78 is 0. The van der Waals surface area contributed by atoms with Gasteiger partial charge in [-0.05, 0) is 24.8 Å². The molecule has 8 nitrogen and oxygen atoms in total. The van der Waals surface area contributed by atoms with Crippen LogP contribution >= 0.6 is 0 Å². The van der Waals surface area contributed by atoms with Crippen molar-refractivity contribution in [3.8, 4) is 0 Å². The molecule has 2 heterocycles. The molecule has 0 aliphatic heterocycles. The van der Waals surface area contributed by atoms with Gasteiger partial charge in [-0.2, -0.15) is 9.97 Å². The van der Waals surface area contributed by atoms with E-state index in [0.717, 1.165) is 24.4 Å². The Bertz CT molecular complexity index is 629. The van der Waals surface area contributed by atoms with Crippen molar-refractivity contribution in [1.29, 1.82) is 0 Å². The molecule has 0 aromatic carbocycles. The third-order valence-corrected chi connectivity index (χ3v) is 3.19. The normalized spacial score (nSPS) is 10.7. The van der Waals surface area contributed by atoms with Crippen LogP contribution < -0.4 is 22.1 Å². The maximum atomic E-state index is 5.77. The van der Waals surface area contributed by atoms with Gasteiger partial charge in [-0.15, -0.1) is 0 Å². The SMILES string of the molecule is CC(C)CCc1cc(NCCNc2ccnc(N)n2)nc(N)n1. The predicted molar refractivity (Wildman–Crippen MR) is 93.0 cm³/mol. The number of nitrogens with two attached hydrogens (primary N) is 2. The molecular formula is C15H24N8. The second-order valence-electron chi connectivity index (χ2n) is 5.69. The summed E-state index contributed by atoms with van der Waals surface area (Å²) in [7, 11) is 0. The lowest BCUT2D eigenvalue weighted by Gasteiger charge is -2.10. The Kier molecular flexibility index (Phi) is 5.90. The number of hydrogen-bond acceptors (Lipinski definition) is 8. The van der Waals surface area contributed by atoms with Crippen LogP contribution in [0, 0.1) is 5.92 Å². The molecule has 0 bridgehead atoms. The molecule has 2 rings (SSSR count). The number of nitrogen functional groups attached to an aromatic ring is 2. The topological polar surface area (TPSA) is 128 Å². The zero-order chi connectivity index (χ0) is 16.7. The summed E-state index contributed by atoms with van der Waals surface area (Å²) in [6, 6.07) is 3.71. The van der Waals surface area contributed by atoms with Crippen LogP contribution in [-0.2, 0) is 6.42 Å². The highest BCUT2D eigenvalue weighted by Gasteiger charge is 2.04. The maximum absolute atomic E-state index is 5.77. The Morgan fingerprint density at radius 1 is 1.00 bits per heavy atom. The Hall–Kier alpha value is -2.64. The summed E-state index contributed by atoms with van der Waals surface area (Å²) in [4.78, 5) is 16.4. The average Bonchev–Trinajstić information content (AvgIpc) is 2.49. The van der Waals surface area contributed by atoms with Crippen LogP contribution in [0.2, 0.25) is 0 Å². The lowest BCUT2D eigenvalue weighted by atomic mass is 10.1. The smallest absolute Gasteiger partial charge is 0.222 e. The predicted octanol–water partition coefficient (Wildman–Crippen LogP) is 1.54. The number of anilines is 4. The van der Waals surface area contributed by atoms with Crippen molar-refractivity contribution in [2.75, 3.05) is 35.2 Å². The molecule has 23 heavy (non-hydrogen) atoms. The van der Waals surface area contributed by atoms with Gasteiger partial charge in [0.25, 0.3) is 0 Å². The molecule has 6 N–H and O–H groups in total. The Morgan fingerprint density at radius 3 is 2.39 bits per heavy atom. The maximum Gasteiger partial charge on any atom is 0.222 e. The minimum atomic E-state index is 0.251. The fraction of sp³-hybridized carbons (Fsp3) is 0.467. The molecule has 8 heteroatoms. The number of hydrogen-bond donors (Lipinski definition) is 4. The standard InChI is InChI=1S/C15H24N8/c1-10(2)3-4-11-9-13(23-15(17)21-11)19-8-7-18-12-5-6-20-14(16)22-12/h5-6,9-10H,3-4,7-8H2,1-2H3,(H3,16,18,20,22)(H3,17,19,21,23). The number of rotatable bonds is 8. The minimum absolute atomic E-state index is 0.251. The van der Waals surface area contributed by atoms with Gasteiger partial charge in [0.1, 0.15) is 11.6 Å². The van der Waals surface area contributed by atoms with E-state index in [1.807, 2.05) is 6.07 Å². The van der Waals surface area contributed by atoms with E-state index < -0.39 is 0 Å². The first kappa shape index (κ1) is 16.7. The van der Waals surface area contributed by atoms with Gasteiger partial charge in [-0.3, -0.25) is 0 Å². The van der Waals surface area contributed by atoms with E-state index in [1.165, 1.54) is 0 Å². The van der Waals surface area contributed by atoms with Crippen molar-refractivity contribution in [2.45, 2.75) is 26.7 Å². The highest BCUT2D eigenvalue weighted by Crippen LogP contribution is 2.12. The van der Waals surface area contributed by atoms with Crippen LogP contribution in [0.15, 0.2) is 18.3 Å². The molecular weight excluding hydrogens is 292 g/mol. The molecule has 0 saturated carbocycles. The fourth-order valence-corrected chi connectivity index (χ4v) is 2.03. The van der Waals surface area contributed by atoms with Crippen LogP contribution in [0.5, 0.6) is 0 Å². The highest BCUT2D eigenvalue weighted by atomic mass is 15.1. The Morgan fingerprint density at radius 2 is 1.70 bits per heavy atom. The largest absolute Gasteiger partial charge is 0.368 e. The minimum Gasteiger partial charge on any atom is -0.368 e. The molecule has 0 aliphatic rings. The number of aryl methyl sites for hydroxylation is 1. The number of nitrogens with one attached hydrogen (secondary N) is 2. The van der Waals surface area contributed by atoms with Crippen LogP contribution in [0.25, 0.3) is 0 Å². The molecule has 0 atom stereocenters. The summed E-state index contributed by atoms with van der Waals surface area (Å²) in [6.45, 7) is 5.72. The zero-order valence-electron chi connectivity index (χ0n) is 13.6. The van der Waals surface area contributed by atoms with Gasteiger partial charge in [0.05, 0.1) is 0 Å². The third-order valence-electron chi connectivity index (χ3n) is 3.19. The van der Waals surface area contributed by atoms with E-state index >= 15 is 0 Å². The molecule has 0 radical (unpaired) electrons. The molecule has 0 spiro atoms. The molecule has 124 valence electrons. The van der Waals surface area contributed by atoms with Crippen LogP contribution in [0.1, 0.15) is 26.0 Å². The Balaban J connectivity index is 1.83. The monoisotopic (exact) mass is 316 g/mol. The summed E-state index contributed by atoms with van der Waals surface area (Å²) >= 11 is 0. The molecule has 2 aromatic heterocycles.